The van der Waals surface area contributed by atoms with Crippen LogP contribution in [0.1, 0.15) is 12.5 Å². The van der Waals surface area contributed by atoms with Crippen molar-refractivity contribution in [2.24, 2.45) is 5.92 Å². The van der Waals surface area contributed by atoms with Gasteiger partial charge in [-0.1, -0.05) is 19.1 Å². The van der Waals surface area contributed by atoms with Crippen LogP contribution >= 0.6 is 0 Å². The molecule has 0 spiro atoms. The average molecular weight is 359 g/mol. The molecular weight excluding hydrogens is 334 g/mol. The topological polar surface area (TPSA) is 68.2 Å². The average Bonchev–Trinajstić information content (AvgIpc) is 2.62. The Kier molecular flexibility index (Phi) is 6.86. The third kappa shape index (κ3) is 5.67. The maximum absolute atomic E-state index is 10.9. The molecule has 0 saturated carbocycles. The van der Waals surface area contributed by atoms with E-state index in [1.165, 1.54) is 0 Å². The molecule has 2 rings (SSSR count). The van der Waals surface area contributed by atoms with Gasteiger partial charge in [0, 0.05) is 31.3 Å². The molecule has 0 fully saturated rings. The number of carboxylic acids is 1. The molecule has 26 heavy (non-hydrogen) atoms. The lowest BCUT2D eigenvalue weighted by Crippen LogP contribution is -2.28. The van der Waals surface area contributed by atoms with E-state index in [1.807, 2.05) is 36.2 Å². The quantitative estimate of drug-likeness (QED) is 0.737. The van der Waals surface area contributed by atoms with Gasteiger partial charge in [-0.25, -0.2) is 0 Å². The zero-order valence-corrected chi connectivity index (χ0v) is 15.6. The van der Waals surface area contributed by atoms with Crippen molar-refractivity contribution in [3.05, 3.63) is 48.0 Å². The highest BCUT2D eigenvalue weighted by Crippen LogP contribution is 2.30. The largest absolute Gasteiger partial charge is 0.496 e. The first-order valence-electron chi connectivity index (χ1n) is 8.32. The molecule has 0 aliphatic heterocycles. The number of methoxy groups -OCH3 is 2. The van der Waals surface area contributed by atoms with Crippen LogP contribution in [0.25, 0.3) is 0 Å². The zero-order chi connectivity index (χ0) is 19.1. The maximum Gasteiger partial charge on any atom is 0.307 e. The molecule has 0 amide bonds. The first kappa shape index (κ1) is 19.6. The molecule has 0 saturated heterocycles. The highest BCUT2D eigenvalue weighted by atomic mass is 16.5. The fraction of sp³-hybridized carbons (Fsp3) is 0.350. The molecule has 0 radical (unpaired) electrons. The highest BCUT2D eigenvalue weighted by Gasteiger charge is 2.13. The maximum atomic E-state index is 10.9. The lowest BCUT2D eigenvalue weighted by atomic mass is 10.1. The Bertz CT molecular complexity index is 707. The van der Waals surface area contributed by atoms with E-state index in [4.69, 9.17) is 19.3 Å². The van der Waals surface area contributed by atoms with Crippen molar-refractivity contribution in [3.8, 4) is 23.0 Å². The smallest absolute Gasteiger partial charge is 0.307 e. The van der Waals surface area contributed by atoms with Crippen LogP contribution in [0.15, 0.2) is 42.5 Å². The van der Waals surface area contributed by atoms with Crippen LogP contribution in [0.4, 0.5) is 0 Å². The molecule has 1 unspecified atom stereocenters. The third-order valence-electron chi connectivity index (χ3n) is 3.94. The van der Waals surface area contributed by atoms with Crippen molar-refractivity contribution in [2.45, 2.75) is 13.5 Å². The summed E-state index contributed by atoms with van der Waals surface area (Å²) in [4.78, 5) is 12.9. The highest BCUT2D eigenvalue weighted by molar-refractivity contribution is 5.69. The molecule has 140 valence electrons. The number of carboxylic acid groups (broad SMARTS) is 1. The summed E-state index contributed by atoms with van der Waals surface area (Å²) < 4.78 is 16.3. The van der Waals surface area contributed by atoms with Crippen LogP contribution in [0.3, 0.4) is 0 Å². The number of carbonyl (C=O) groups is 1. The van der Waals surface area contributed by atoms with Gasteiger partial charge in [0.1, 0.15) is 23.0 Å². The summed E-state index contributed by atoms with van der Waals surface area (Å²) in [7, 11) is 5.09. The molecule has 6 heteroatoms. The molecule has 0 aliphatic carbocycles. The first-order valence-corrected chi connectivity index (χ1v) is 8.32. The number of rotatable bonds is 9. The second kappa shape index (κ2) is 9.10. The van der Waals surface area contributed by atoms with Crippen molar-refractivity contribution < 1.29 is 24.1 Å². The van der Waals surface area contributed by atoms with E-state index in [-0.39, 0.29) is 0 Å². The number of hydrogen-bond donors (Lipinski definition) is 1. The number of hydrogen-bond acceptors (Lipinski definition) is 5. The first-order chi connectivity index (χ1) is 12.4. The van der Waals surface area contributed by atoms with Crippen molar-refractivity contribution in [1.82, 2.24) is 4.90 Å². The lowest BCUT2D eigenvalue weighted by molar-refractivity contribution is -0.141. The van der Waals surface area contributed by atoms with Gasteiger partial charge in [0.25, 0.3) is 0 Å². The number of nitrogens with zero attached hydrogens (tertiary/aromatic N) is 1. The SMILES string of the molecule is COc1cc(OC)cc(Oc2ccc(CN(C)CC(C)C(=O)O)cc2)c1. The molecule has 0 aliphatic rings. The van der Waals surface area contributed by atoms with Crippen LogP contribution in [0.5, 0.6) is 23.0 Å². The van der Waals surface area contributed by atoms with E-state index in [2.05, 4.69) is 0 Å². The summed E-state index contributed by atoms with van der Waals surface area (Å²) in [6.07, 6.45) is 0. The van der Waals surface area contributed by atoms with Crippen molar-refractivity contribution in [1.29, 1.82) is 0 Å². The summed E-state index contributed by atoms with van der Waals surface area (Å²) in [6, 6.07) is 13.1. The van der Waals surface area contributed by atoms with Gasteiger partial charge in [0.2, 0.25) is 0 Å². The number of aliphatic carboxylic acids is 1. The molecule has 1 atom stereocenters. The van der Waals surface area contributed by atoms with E-state index >= 15 is 0 Å². The van der Waals surface area contributed by atoms with Gasteiger partial charge in [-0.15, -0.1) is 0 Å². The Morgan fingerprint density at radius 2 is 1.54 bits per heavy atom. The Hall–Kier alpha value is -2.73. The third-order valence-corrected chi connectivity index (χ3v) is 3.94. The zero-order valence-electron chi connectivity index (χ0n) is 15.6. The van der Waals surface area contributed by atoms with Crippen LogP contribution < -0.4 is 14.2 Å². The minimum Gasteiger partial charge on any atom is -0.496 e. The second-order valence-electron chi connectivity index (χ2n) is 6.23. The van der Waals surface area contributed by atoms with Crippen molar-refractivity contribution in [3.63, 3.8) is 0 Å². The molecule has 6 nitrogen and oxygen atoms in total. The molecule has 0 heterocycles. The molecule has 2 aromatic rings. The summed E-state index contributed by atoms with van der Waals surface area (Å²) in [5, 5.41) is 8.99. The fourth-order valence-corrected chi connectivity index (χ4v) is 2.56. The van der Waals surface area contributed by atoms with Gasteiger partial charge in [-0.2, -0.15) is 0 Å². The molecule has 0 bridgehead atoms. The van der Waals surface area contributed by atoms with E-state index in [9.17, 15) is 4.79 Å². The Labute approximate surface area is 153 Å². The molecule has 2 aromatic carbocycles. The second-order valence-corrected chi connectivity index (χ2v) is 6.23. The summed E-state index contributed by atoms with van der Waals surface area (Å²) in [5.41, 5.74) is 1.08. The number of ether oxygens (including phenoxy) is 3. The van der Waals surface area contributed by atoms with Crippen molar-refractivity contribution >= 4 is 5.97 Å². The van der Waals surface area contributed by atoms with E-state index < -0.39 is 11.9 Å². The van der Waals surface area contributed by atoms with Crippen LogP contribution in [-0.2, 0) is 11.3 Å². The summed E-state index contributed by atoms with van der Waals surface area (Å²) in [5.74, 6) is 1.46. The normalized spacial score (nSPS) is 11.9. The molecule has 1 N–H and O–H groups in total. The van der Waals surface area contributed by atoms with Crippen LogP contribution in [0.2, 0.25) is 0 Å². The van der Waals surface area contributed by atoms with Gasteiger partial charge < -0.3 is 24.2 Å². The summed E-state index contributed by atoms with van der Waals surface area (Å²) >= 11 is 0. The van der Waals surface area contributed by atoms with E-state index in [1.54, 1.807) is 39.3 Å². The predicted molar refractivity (Wildman–Crippen MR) is 99.2 cm³/mol. The summed E-state index contributed by atoms with van der Waals surface area (Å²) in [6.45, 7) is 2.88. The number of benzene rings is 2. The van der Waals surface area contributed by atoms with Crippen molar-refractivity contribution in [2.75, 3.05) is 27.8 Å². The van der Waals surface area contributed by atoms with E-state index in [0.29, 0.717) is 36.1 Å². The predicted octanol–water partition coefficient (Wildman–Crippen LogP) is 3.65. The minimum absolute atomic E-state index is 0.398. The van der Waals surface area contributed by atoms with Crippen LogP contribution in [-0.4, -0.2) is 43.8 Å². The monoisotopic (exact) mass is 359 g/mol. The molecule has 0 aromatic heterocycles. The van der Waals surface area contributed by atoms with Crippen LogP contribution in [0, 0.1) is 5.92 Å². The lowest BCUT2D eigenvalue weighted by Gasteiger charge is -2.19. The standard InChI is InChI=1S/C20H25NO5/c1-14(20(22)23)12-21(2)13-15-5-7-16(8-6-15)26-19-10-17(24-3)9-18(11-19)25-4/h5-11,14H,12-13H2,1-4H3,(H,22,23). The van der Waals surface area contributed by atoms with E-state index in [0.717, 1.165) is 5.56 Å². The minimum atomic E-state index is -0.783. The van der Waals surface area contributed by atoms with Gasteiger partial charge in [-0.05, 0) is 24.7 Å². The Balaban J connectivity index is 2.00. The van der Waals surface area contributed by atoms with Gasteiger partial charge in [0.05, 0.1) is 20.1 Å². The van der Waals surface area contributed by atoms with Gasteiger partial charge in [0.15, 0.2) is 0 Å². The van der Waals surface area contributed by atoms with Gasteiger partial charge in [-0.3, -0.25) is 4.79 Å². The fourth-order valence-electron chi connectivity index (χ4n) is 2.56. The molecular formula is C20H25NO5. The van der Waals surface area contributed by atoms with Gasteiger partial charge >= 0.3 is 5.97 Å². The Morgan fingerprint density at radius 1 is 1.00 bits per heavy atom. The Morgan fingerprint density at radius 3 is 2.04 bits per heavy atom.